The minimum Gasteiger partial charge on any atom is -0.366 e. The largest absolute Gasteiger partial charge is 0.417 e. The Labute approximate surface area is 211 Å². The average molecular weight is 509 g/mol. The minimum atomic E-state index is -4.56. The van der Waals surface area contributed by atoms with Crippen LogP contribution in [0, 0.1) is 5.82 Å². The number of carbonyl (C=O) groups is 1. The molecule has 1 aliphatic carbocycles. The van der Waals surface area contributed by atoms with Crippen molar-refractivity contribution < 1.29 is 22.4 Å². The van der Waals surface area contributed by atoms with E-state index in [0.29, 0.717) is 37.2 Å². The maximum Gasteiger partial charge on any atom is 0.417 e. The van der Waals surface area contributed by atoms with Crippen LogP contribution in [0.15, 0.2) is 78.4 Å². The molecule has 4 heterocycles. The summed E-state index contributed by atoms with van der Waals surface area (Å²) in [7, 11) is 0. The molecule has 0 atom stereocenters. The Morgan fingerprint density at radius 1 is 1.16 bits per heavy atom. The first kappa shape index (κ1) is 24.7. The molecule has 37 heavy (non-hydrogen) atoms. The van der Waals surface area contributed by atoms with Gasteiger partial charge in [0, 0.05) is 54.5 Å². The quantitative estimate of drug-likeness (QED) is 0.302. The van der Waals surface area contributed by atoms with E-state index in [1.54, 1.807) is 12.4 Å². The highest BCUT2D eigenvalue weighted by Crippen LogP contribution is 2.37. The fourth-order valence-electron chi connectivity index (χ4n) is 5.02. The van der Waals surface area contributed by atoms with Crippen molar-refractivity contribution in [3.05, 3.63) is 101 Å². The number of halogens is 4. The summed E-state index contributed by atoms with van der Waals surface area (Å²) in [5.41, 5.74) is 4.01. The van der Waals surface area contributed by atoms with E-state index in [0.717, 1.165) is 41.2 Å². The molecule has 3 aromatic rings. The van der Waals surface area contributed by atoms with Crippen molar-refractivity contribution >= 4 is 22.7 Å². The first-order valence-corrected chi connectivity index (χ1v) is 11.9. The van der Waals surface area contributed by atoms with Gasteiger partial charge in [-0.05, 0) is 49.5 Å². The van der Waals surface area contributed by atoms with Gasteiger partial charge in [-0.15, -0.1) is 0 Å². The average Bonchev–Trinajstić information content (AvgIpc) is 3.30. The van der Waals surface area contributed by atoms with Crippen LogP contribution in [0.3, 0.4) is 0 Å². The highest BCUT2D eigenvalue weighted by molar-refractivity contribution is 6.29. The van der Waals surface area contributed by atoms with Crippen molar-refractivity contribution in [3.63, 3.8) is 0 Å². The molecular formula is C28H24F4N4O. The second kappa shape index (κ2) is 9.46. The van der Waals surface area contributed by atoms with Gasteiger partial charge in [-0.2, -0.15) is 13.2 Å². The molecule has 2 aliphatic rings. The predicted molar refractivity (Wildman–Crippen MR) is 133 cm³/mol. The molecule has 0 spiro atoms. The maximum atomic E-state index is 13.6. The third kappa shape index (κ3) is 4.61. The van der Waals surface area contributed by atoms with Crippen molar-refractivity contribution in [2.24, 2.45) is 0 Å². The standard InChI is InChI=1S/C28H24F4N4O/c1-3-24(25-15-34-26-12-21(29)7-10-36(25)26)35-9-8-22-18(16-35)5-4-6-23(22)27(37)17(2)19-11-20(14-33-13-19)28(30,31)32/h3,6-7,10-15H,2,4-5,8-9,16H2,1H3/b24-3-. The van der Waals surface area contributed by atoms with Crippen LogP contribution >= 0.6 is 0 Å². The molecular weight excluding hydrogens is 484 g/mol. The van der Waals surface area contributed by atoms with Crippen LogP contribution in [-0.2, 0) is 11.0 Å². The molecule has 0 saturated carbocycles. The number of aromatic nitrogens is 3. The molecule has 5 nitrogen and oxygen atoms in total. The third-order valence-electron chi connectivity index (χ3n) is 6.84. The Bertz CT molecular complexity index is 1510. The van der Waals surface area contributed by atoms with Crippen LogP contribution in [0.25, 0.3) is 16.9 Å². The first-order valence-electron chi connectivity index (χ1n) is 11.9. The number of hydrogen-bond acceptors (Lipinski definition) is 4. The van der Waals surface area contributed by atoms with Gasteiger partial charge in [0.25, 0.3) is 0 Å². The van der Waals surface area contributed by atoms with E-state index in [4.69, 9.17) is 0 Å². The summed E-state index contributed by atoms with van der Waals surface area (Å²) < 4.78 is 54.9. The lowest BCUT2D eigenvalue weighted by Gasteiger charge is -2.36. The predicted octanol–water partition coefficient (Wildman–Crippen LogP) is 6.25. The van der Waals surface area contributed by atoms with Gasteiger partial charge in [-0.1, -0.05) is 18.7 Å². The number of pyridine rings is 2. The van der Waals surface area contributed by atoms with Crippen LogP contribution in [-0.4, -0.2) is 38.1 Å². The van der Waals surface area contributed by atoms with E-state index < -0.39 is 11.7 Å². The number of allylic oxidation sites excluding steroid dienone is 4. The summed E-state index contributed by atoms with van der Waals surface area (Å²) in [6.45, 7) is 6.98. The SMILES string of the molecule is C=C(C(=O)C1=CCCC2=C1CCN(/C(=C\C)c1cnc3cc(F)ccn13)C2)c1cncc(C(F)(F)F)c1. The highest BCUT2D eigenvalue weighted by atomic mass is 19.4. The normalized spacial score (nSPS) is 16.6. The van der Waals surface area contributed by atoms with E-state index in [1.807, 2.05) is 23.5 Å². The Morgan fingerprint density at radius 3 is 2.73 bits per heavy atom. The second-order valence-corrected chi connectivity index (χ2v) is 9.07. The molecule has 0 unspecified atom stereocenters. The Hall–Kier alpha value is -4.01. The van der Waals surface area contributed by atoms with Crippen LogP contribution in [0.1, 0.15) is 43.0 Å². The number of nitrogens with zero attached hydrogens (tertiary/aromatic N) is 4. The lowest BCUT2D eigenvalue weighted by molar-refractivity contribution is -0.137. The van der Waals surface area contributed by atoms with Gasteiger partial charge in [0.05, 0.1) is 23.2 Å². The molecule has 0 aromatic carbocycles. The molecule has 0 N–H and O–H groups in total. The molecule has 5 rings (SSSR count). The monoisotopic (exact) mass is 508 g/mol. The van der Waals surface area contributed by atoms with E-state index >= 15 is 0 Å². The van der Waals surface area contributed by atoms with Crippen LogP contribution in [0.5, 0.6) is 0 Å². The number of imidazole rings is 1. The Balaban J connectivity index is 1.39. The number of carbonyl (C=O) groups excluding carboxylic acids is 1. The fourth-order valence-corrected chi connectivity index (χ4v) is 5.02. The second-order valence-electron chi connectivity index (χ2n) is 9.07. The van der Waals surface area contributed by atoms with Gasteiger partial charge >= 0.3 is 6.18 Å². The van der Waals surface area contributed by atoms with Crippen molar-refractivity contribution in [1.29, 1.82) is 0 Å². The van der Waals surface area contributed by atoms with E-state index in [-0.39, 0.29) is 22.7 Å². The van der Waals surface area contributed by atoms with E-state index in [1.165, 1.54) is 18.3 Å². The zero-order valence-electron chi connectivity index (χ0n) is 20.1. The van der Waals surface area contributed by atoms with Crippen molar-refractivity contribution in [2.45, 2.75) is 32.4 Å². The molecule has 9 heteroatoms. The molecule has 0 fully saturated rings. The number of fused-ring (bicyclic) bond motifs is 1. The Morgan fingerprint density at radius 2 is 1.97 bits per heavy atom. The first-order chi connectivity index (χ1) is 17.7. The lowest BCUT2D eigenvalue weighted by atomic mass is 9.82. The number of hydrogen-bond donors (Lipinski definition) is 0. The Kier molecular flexibility index (Phi) is 6.31. The maximum absolute atomic E-state index is 13.6. The summed E-state index contributed by atoms with van der Waals surface area (Å²) >= 11 is 0. The number of rotatable bonds is 5. The number of Topliss-reactive ketones (excluding diaryl/α,β-unsaturated/α-hetero) is 1. The van der Waals surface area contributed by atoms with E-state index in [9.17, 15) is 22.4 Å². The highest BCUT2D eigenvalue weighted by Gasteiger charge is 2.33. The van der Waals surface area contributed by atoms with Gasteiger partial charge in [0.15, 0.2) is 5.78 Å². The van der Waals surface area contributed by atoms with E-state index in [2.05, 4.69) is 21.4 Å². The molecule has 1 aliphatic heterocycles. The summed E-state index contributed by atoms with van der Waals surface area (Å²) in [4.78, 5) is 23.6. The molecule has 190 valence electrons. The summed E-state index contributed by atoms with van der Waals surface area (Å²) in [6, 6.07) is 3.68. The third-order valence-corrected chi connectivity index (χ3v) is 6.84. The molecule has 0 bridgehead atoms. The van der Waals surface area contributed by atoms with Gasteiger partial charge in [0.2, 0.25) is 0 Å². The van der Waals surface area contributed by atoms with Crippen LogP contribution in [0.4, 0.5) is 17.6 Å². The molecule has 0 amide bonds. The zero-order valence-corrected chi connectivity index (χ0v) is 20.1. The fraction of sp³-hybridized carbons (Fsp3) is 0.250. The van der Waals surface area contributed by atoms with Gasteiger partial charge in [0.1, 0.15) is 11.5 Å². The molecule has 0 radical (unpaired) electrons. The lowest BCUT2D eigenvalue weighted by Crippen LogP contribution is -2.33. The zero-order chi connectivity index (χ0) is 26.3. The summed E-state index contributed by atoms with van der Waals surface area (Å²) in [5.74, 6) is -0.731. The topological polar surface area (TPSA) is 50.5 Å². The summed E-state index contributed by atoms with van der Waals surface area (Å²) in [5, 5.41) is 0. The van der Waals surface area contributed by atoms with Gasteiger partial charge < -0.3 is 4.90 Å². The molecule has 0 saturated heterocycles. The van der Waals surface area contributed by atoms with Crippen molar-refractivity contribution in [2.75, 3.05) is 13.1 Å². The van der Waals surface area contributed by atoms with Crippen molar-refractivity contribution in [3.8, 4) is 0 Å². The van der Waals surface area contributed by atoms with Crippen molar-refractivity contribution in [1.82, 2.24) is 19.3 Å². The van der Waals surface area contributed by atoms with Gasteiger partial charge in [-0.25, -0.2) is 9.37 Å². The van der Waals surface area contributed by atoms with Crippen LogP contribution < -0.4 is 0 Å². The smallest absolute Gasteiger partial charge is 0.366 e. The van der Waals surface area contributed by atoms with Crippen LogP contribution in [0.2, 0.25) is 0 Å². The number of ketones is 1. The minimum absolute atomic E-state index is 0.00636. The molecule has 3 aromatic heterocycles. The van der Waals surface area contributed by atoms with Gasteiger partial charge in [-0.3, -0.25) is 14.2 Å². The number of alkyl halides is 3. The summed E-state index contributed by atoms with van der Waals surface area (Å²) in [6.07, 6.45) is 6.67.